The predicted octanol–water partition coefficient (Wildman–Crippen LogP) is 2.35. The lowest BCUT2D eigenvalue weighted by atomic mass is 9.95. The third-order valence-corrected chi connectivity index (χ3v) is 4.82. The summed E-state index contributed by atoms with van der Waals surface area (Å²) in [6.45, 7) is 3.85. The van der Waals surface area contributed by atoms with E-state index in [1.54, 1.807) is 0 Å². The van der Waals surface area contributed by atoms with Crippen LogP contribution >= 0.6 is 0 Å². The summed E-state index contributed by atoms with van der Waals surface area (Å²) in [4.78, 5) is 12.7. The van der Waals surface area contributed by atoms with Crippen LogP contribution < -0.4 is 20.1 Å². The molecule has 2 aliphatic heterocycles. The van der Waals surface area contributed by atoms with Gasteiger partial charge in [-0.1, -0.05) is 30.3 Å². The quantitative estimate of drug-likeness (QED) is 0.902. The molecule has 5 heteroatoms. The Labute approximate surface area is 147 Å². The van der Waals surface area contributed by atoms with Gasteiger partial charge in [0.05, 0.1) is 12.1 Å². The molecule has 0 spiro atoms. The number of fused-ring (bicyclic) bond motifs is 2. The Hall–Kier alpha value is -2.53. The summed E-state index contributed by atoms with van der Waals surface area (Å²) in [7, 11) is 0. The lowest BCUT2D eigenvalue weighted by Gasteiger charge is -2.27. The molecule has 2 unspecified atom stereocenters. The van der Waals surface area contributed by atoms with Crippen LogP contribution in [-0.2, 0) is 17.8 Å². The molecular weight excluding hydrogens is 316 g/mol. The van der Waals surface area contributed by atoms with Crippen molar-refractivity contribution < 1.29 is 14.3 Å². The SMILES string of the molecule is CC(NC(=O)C1Cc2ccccc2CN1)c1ccc2c(c1)OCCO2. The van der Waals surface area contributed by atoms with Gasteiger partial charge < -0.3 is 20.1 Å². The van der Waals surface area contributed by atoms with Crippen LogP contribution in [0.15, 0.2) is 42.5 Å². The number of benzene rings is 2. The fraction of sp³-hybridized carbons (Fsp3) is 0.350. The van der Waals surface area contributed by atoms with Crippen LogP contribution in [0.5, 0.6) is 11.5 Å². The van der Waals surface area contributed by atoms with Crippen LogP contribution in [0.2, 0.25) is 0 Å². The Morgan fingerprint density at radius 3 is 2.72 bits per heavy atom. The molecule has 4 rings (SSSR count). The largest absolute Gasteiger partial charge is 0.486 e. The van der Waals surface area contributed by atoms with Crippen LogP contribution in [0.25, 0.3) is 0 Å². The number of rotatable bonds is 3. The molecule has 130 valence electrons. The maximum Gasteiger partial charge on any atom is 0.237 e. The first-order valence-corrected chi connectivity index (χ1v) is 8.71. The Balaban J connectivity index is 1.42. The fourth-order valence-electron chi connectivity index (χ4n) is 3.37. The molecule has 2 aromatic rings. The maximum absolute atomic E-state index is 12.7. The monoisotopic (exact) mass is 338 g/mol. The molecule has 5 nitrogen and oxygen atoms in total. The highest BCUT2D eigenvalue weighted by Gasteiger charge is 2.25. The zero-order valence-electron chi connectivity index (χ0n) is 14.2. The summed E-state index contributed by atoms with van der Waals surface area (Å²) < 4.78 is 11.2. The number of carbonyl (C=O) groups excluding carboxylic acids is 1. The van der Waals surface area contributed by atoms with Gasteiger partial charge in [0.1, 0.15) is 13.2 Å². The second-order valence-electron chi connectivity index (χ2n) is 6.54. The van der Waals surface area contributed by atoms with Crippen molar-refractivity contribution in [2.45, 2.75) is 32.0 Å². The number of nitrogens with one attached hydrogen (secondary N) is 2. The Morgan fingerprint density at radius 2 is 1.88 bits per heavy atom. The van der Waals surface area contributed by atoms with Crippen LogP contribution in [0.1, 0.15) is 29.7 Å². The van der Waals surface area contributed by atoms with E-state index < -0.39 is 0 Å². The van der Waals surface area contributed by atoms with Gasteiger partial charge in [-0.2, -0.15) is 0 Å². The zero-order chi connectivity index (χ0) is 17.2. The highest BCUT2D eigenvalue weighted by atomic mass is 16.6. The first-order valence-electron chi connectivity index (χ1n) is 8.71. The van der Waals surface area contributed by atoms with E-state index in [9.17, 15) is 4.79 Å². The molecular formula is C20H22N2O3. The number of hydrogen-bond donors (Lipinski definition) is 2. The molecule has 0 radical (unpaired) electrons. The average Bonchev–Trinajstić information content (AvgIpc) is 2.67. The highest BCUT2D eigenvalue weighted by molar-refractivity contribution is 5.82. The van der Waals surface area contributed by atoms with Crippen molar-refractivity contribution in [3.8, 4) is 11.5 Å². The molecule has 0 bridgehead atoms. The number of amides is 1. The van der Waals surface area contributed by atoms with Crippen molar-refractivity contribution in [1.82, 2.24) is 10.6 Å². The molecule has 0 saturated heterocycles. The third-order valence-electron chi connectivity index (χ3n) is 4.82. The van der Waals surface area contributed by atoms with Crippen molar-refractivity contribution in [1.29, 1.82) is 0 Å². The number of ether oxygens (including phenoxy) is 2. The molecule has 0 aromatic heterocycles. The summed E-state index contributed by atoms with van der Waals surface area (Å²) >= 11 is 0. The van der Waals surface area contributed by atoms with Gasteiger partial charge in [-0.05, 0) is 42.2 Å². The fourth-order valence-corrected chi connectivity index (χ4v) is 3.37. The molecule has 0 saturated carbocycles. The predicted molar refractivity (Wildman–Crippen MR) is 94.8 cm³/mol. The van der Waals surface area contributed by atoms with E-state index in [1.165, 1.54) is 11.1 Å². The Morgan fingerprint density at radius 1 is 1.12 bits per heavy atom. The summed E-state index contributed by atoms with van der Waals surface area (Å²) in [5.74, 6) is 1.53. The molecule has 2 N–H and O–H groups in total. The van der Waals surface area contributed by atoms with Gasteiger partial charge in [0.25, 0.3) is 0 Å². The van der Waals surface area contributed by atoms with Crippen LogP contribution in [-0.4, -0.2) is 25.2 Å². The van der Waals surface area contributed by atoms with E-state index >= 15 is 0 Å². The summed E-state index contributed by atoms with van der Waals surface area (Å²) in [6.07, 6.45) is 0.718. The normalized spacial score (nSPS) is 19.6. The minimum absolute atomic E-state index is 0.0249. The first-order chi connectivity index (χ1) is 12.2. The smallest absolute Gasteiger partial charge is 0.237 e. The molecule has 2 atom stereocenters. The van der Waals surface area contributed by atoms with Crippen molar-refractivity contribution >= 4 is 5.91 Å². The van der Waals surface area contributed by atoms with E-state index in [4.69, 9.17) is 9.47 Å². The van der Waals surface area contributed by atoms with Crippen molar-refractivity contribution in [3.05, 3.63) is 59.2 Å². The summed E-state index contributed by atoms with van der Waals surface area (Å²) in [6, 6.07) is 13.8. The van der Waals surface area contributed by atoms with Gasteiger partial charge >= 0.3 is 0 Å². The van der Waals surface area contributed by atoms with Crippen LogP contribution in [0, 0.1) is 0 Å². The molecule has 25 heavy (non-hydrogen) atoms. The van der Waals surface area contributed by atoms with Gasteiger partial charge in [-0.15, -0.1) is 0 Å². The molecule has 2 aliphatic rings. The van der Waals surface area contributed by atoms with E-state index in [-0.39, 0.29) is 18.0 Å². The first kappa shape index (κ1) is 16.0. The average molecular weight is 338 g/mol. The van der Waals surface area contributed by atoms with Crippen molar-refractivity contribution in [3.63, 3.8) is 0 Å². The summed E-state index contributed by atoms with van der Waals surface area (Å²) in [5.41, 5.74) is 3.52. The van der Waals surface area contributed by atoms with E-state index in [0.717, 1.165) is 30.0 Å². The molecule has 2 aromatic carbocycles. The van der Waals surface area contributed by atoms with Crippen molar-refractivity contribution in [2.75, 3.05) is 13.2 Å². The zero-order valence-corrected chi connectivity index (χ0v) is 14.2. The van der Waals surface area contributed by atoms with Crippen LogP contribution in [0.3, 0.4) is 0 Å². The number of hydrogen-bond acceptors (Lipinski definition) is 4. The second-order valence-corrected chi connectivity index (χ2v) is 6.54. The lowest BCUT2D eigenvalue weighted by molar-refractivity contribution is -0.124. The highest BCUT2D eigenvalue weighted by Crippen LogP contribution is 2.32. The Kier molecular flexibility index (Phi) is 4.32. The molecule has 0 aliphatic carbocycles. The third kappa shape index (κ3) is 3.33. The second kappa shape index (κ2) is 6.76. The molecule has 0 fully saturated rings. The minimum Gasteiger partial charge on any atom is -0.486 e. The van der Waals surface area contributed by atoms with Gasteiger partial charge in [0.15, 0.2) is 11.5 Å². The van der Waals surface area contributed by atoms with E-state index in [0.29, 0.717) is 13.2 Å². The lowest BCUT2D eigenvalue weighted by Crippen LogP contribution is -2.48. The van der Waals surface area contributed by atoms with Gasteiger partial charge in [0, 0.05) is 6.54 Å². The van der Waals surface area contributed by atoms with Gasteiger partial charge in [0.2, 0.25) is 5.91 Å². The van der Waals surface area contributed by atoms with E-state index in [1.807, 2.05) is 37.3 Å². The molecule has 1 amide bonds. The van der Waals surface area contributed by atoms with Crippen LogP contribution in [0.4, 0.5) is 0 Å². The maximum atomic E-state index is 12.7. The summed E-state index contributed by atoms with van der Waals surface area (Å²) in [5, 5.41) is 6.43. The minimum atomic E-state index is -0.199. The number of carbonyl (C=O) groups is 1. The van der Waals surface area contributed by atoms with Gasteiger partial charge in [-0.3, -0.25) is 4.79 Å². The van der Waals surface area contributed by atoms with Crippen molar-refractivity contribution in [2.24, 2.45) is 0 Å². The van der Waals surface area contributed by atoms with Gasteiger partial charge in [-0.25, -0.2) is 0 Å². The Bertz CT molecular complexity index is 790. The standard InChI is InChI=1S/C20H22N2O3/c1-13(14-6-7-18-19(11-14)25-9-8-24-18)22-20(23)17-10-15-4-2-3-5-16(15)12-21-17/h2-7,11,13,17,21H,8-10,12H2,1H3,(H,22,23). The van der Waals surface area contributed by atoms with E-state index in [2.05, 4.69) is 22.8 Å². The topological polar surface area (TPSA) is 59.6 Å². The molecule has 2 heterocycles.